The van der Waals surface area contributed by atoms with E-state index in [9.17, 15) is 28.8 Å². The van der Waals surface area contributed by atoms with Gasteiger partial charge in [-0.2, -0.15) is 10.2 Å². The van der Waals surface area contributed by atoms with E-state index < -0.39 is 23.9 Å². The predicted molar refractivity (Wildman–Crippen MR) is 234 cm³/mol. The zero-order valence-electron chi connectivity index (χ0n) is 37.8. The summed E-state index contributed by atoms with van der Waals surface area (Å²) in [6, 6.07) is 14.1. The summed E-state index contributed by atoms with van der Waals surface area (Å²) in [5, 5.41) is 11.7. The summed E-state index contributed by atoms with van der Waals surface area (Å²) in [4.78, 5) is 70.2. The minimum atomic E-state index is -0.789. The van der Waals surface area contributed by atoms with E-state index in [0.29, 0.717) is 47.8 Å². The lowest BCUT2D eigenvalue weighted by atomic mass is 10.1. The Hall–Kier alpha value is -7.24. The molecule has 0 bridgehead atoms. The lowest BCUT2D eigenvalue weighted by Gasteiger charge is -2.12. The van der Waals surface area contributed by atoms with E-state index in [2.05, 4.69) is 20.3 Å². The van der Waals surface area contributed by atoms with Crippen LogP contribution in [0, 0.1) is 27.7 Å². The summed E-state index contributed by atoms with van der Waals surface area (Å²) in [7, 11) is 2.68. The Morgan fingerprint density at radius 2 is 1.08 bits per heavy atom. The van der Waals surface area contributed by atoms with Crippen molar-refractivity contribution in [1.82, 2.24) is 19.6 Å². The first kappa shape index (κ1) is 51.9. The fraction of sp³-hybridized carbons (Fsp3) is 0.378. The Bertz CT molecular complexity index is 2270. The Balaban J connectivity index is 0.000000362. The number of ether oxygens (including phenoxy) is 6. The first-order chi connectivity index (χ1) is 29.9. The fourth-order valence-electron chi connectivity index (χ4n) is 5.59. The maximum absolute atomic E-state index is 12.2. The Morgan fingerprint density at radius 3 is 1.48 bits per heavy atom. The second-order valence-electron chi connectivity index (χ2n) is 13.3. The highest BCUT2D eigenvalue weighted by Gasteiger charge is 2.22. The van der Waals surface area contributed by atoms with E-state index >= 15 is 0 Å². The molecule has 0 radical (unpaired) electrons. The lowest BCUT2D eigenvalue weighted by molar-refractivity contribution is -0.147. The number of esters is 5. The van der Waals surface area contributed by atoms with Gasteiger partial charge in [-0.1, -0.05) is 0 Å². The molecule has 2 aromatic carbocycles. The van der Waals surface area contributed by atoms with Crippen molar-refractivity contribution in [3.05, 3.63) is 117 Å². The van der Waals surface area contributed by atoms with E-state index in [-0.39, 0.29) is 42.7 Å². The molecule has 63 heavy (non-hydrogen) atoms. The highest BCUT2D eigenvalue weighted by molar-refractivity contribution is 6.16. The largest absolute Gasteiger partial charge is 0.500 e. The number of carbonyl (C=O) groups excluding carboxylic acids is 6. The van der Waals surface area contributed by atoms with Gasteiger partial charge in [-0.05, 0) is 122 Å². The van der Waals surface area contributed by atoms with Gasteiger partial charge < -0.3 is 39.5 Å². The molecular weight excluding hydrogens is 817 g/mol. The Morgan fingerprint density at radius 1 is 0.635 bits per heavy atom. The van der Waals surface area contributed by atoms with Crippen molar-refractivity contribution >= 4 is 47.0 Å². The average molecular weight is 875 g/mol. The molecule has 0 aliphatic carbocycles. The predicted octanol–water partition coefficient (Wildman–Crippen LogP) is 5.73. The molecule has 18 heteroatoms. The first-order valence-electron chi connectivity index (χ1n) is 20.0. The molecule has 4 aromatic rings. The molecule has 0 saturated carbocycles. The van der Waals surface area contributed by atoms with Crippen molar-refractivity contribution in [1.29, 1.82) is 0 Å². The number of nitrogen functional groups attached to an aromatic ring is 1. The number of nitrogens with one attached hydrogen (secondary N) is 1. The molecule has 0 aliphatic rings. The number of aromatic nitrogens is 4. The second kappa shape index (κ2) is 26.2. The summed E-state index contributed by atoms with van der Waals surface area (Å²) >= 11 is 0. The Labute approximate surface area is 367 Å². The maximum Gasteiger partial charge on any atom is 0.347 e. The van der Waals surface area contributed by atoms with Crippen molar-refractivity contribution in [2.75, 3.05) is 51.7 Å². The third-order valence-electron chi connectivity index (χ3n) is 8.51. The number of nitrogens with zero attached hydrogens (tertiary/aromatic N) is 4. The van der Waals surface area contributed by atoms with Crippen LogP contribution in [0.3, 0.4) is 0 Å². The molecule has 0 spiro atoms. The number of ketones is 1. The summed E-state index contributed by atoms with van der Waals surface area (Å²) in [6.07, 6.45) is 2.37. The number of hydrogen-bond acceptors (Lipinski definition) is 16. The van der Waals surface area contributed by atoms with E-state index in [0.717, 1.165) is 34.6 Å². The average Bonchev–Trinajstić information content (AvgIpc) is 3.73. The van der Waals surface area contributed by atoms with Crippen LogP contribution in [0.2, 0.25) is 0 Å². The molecule has 18 nitrogen and oxygen atoms in total. The highest BCUT2D eigenvalue weighted by atomic mass is 16.6. The zero-order chi connectivity index (χ0) is 47.2. The van der Waals surface area contributed by atoms with E-state index in [1.54, 1.807) is 68.8 Å². The minimum absolute atomic E-state index is 0.0521. The molecule has 3 N–H and O–H groups in total. The first-order valence-corrected chi connectivity index (χ1v) is 20.0. The molecule has 0 atom stereocenters. The summed E-state index contributed by atoms with van der Waals surface area (Å²) < 4.78 is 32.6. The number of aryl methyl sites for hydroxylation is 4. The fourth-order valence-corrected chi connectivity index (χ4v) is 5.59. The van der Waals surface area contributed by atoms with Crippen LogP contribution in [0.25, 0.3) is 0 Å². The SMILES string of the molecule is CCO/C=C(/C(C)=O)C(=O)OCC.CCOC(=O)C(=CNc1ccc(C(=O)OC)c(Cn2nc(C)cc2C)c1)C(=O)OCC.COC(=O)c1ccc(N)cc1Cn1nc(C)cc1C. The van der Waals surface area contributed by atoms with Gasteiger partial charge in [0, 0.05) is 29.0 Å². The maximum atomic E-state index is 12.2. The van der Waals surface area contributed by atoms with Crippen LogP contribution in [0.4, 0.5) is 11.4 Å². The molecular formula is C45H58N6O12. The van der Waals surface area contributed by atoms with Crippen LogP contribution >= 0.6 is 0 Å². The van der Waals surface area contributed by atoms with E-state index in [4.69, 9.17) is 29.4 Å². The van der Waals surface area contributed by atoms with Gasteiger partial charge in [0.1, 0.15) is 11.8 Å². The number of anilines is 2. The van der Waals surface area contributed by atoms with Gasteiger partial charge in [-0.15, -0.1) is 0 Å². The zero-order valence-corrected chi connectivity index (χ0v) is 37.8. The monoisotopic (exact) mass is 874 g/mol. The molecule has 0 unspecified atom stereocenters. The lowest BCUT2D eigenvalue weighted by Crippen LogP contribution is -2.19. The number of carbonyl (C=O) groups is 6. The summed E-state index contributed by atoms with van der Waals surface area (Å²) in [6.45, 7) is 17.5. The standard InChI is InChI=1S/C22H27N3O6.C14H17N3O2.C9H14O4/c1-6-30-21(27)19(22(28)31-7-2)12-23-17-8-9-18(20(26)29-5)16(11-17)13-25-15(4)10-14(3)24-25;1-9-6-10(2)17(16-9)8-11-7-12(15)4-5-13(11)14(18)19-3;1-4-12-6-8(7(3)10)9(11)13-5-2/h8-12,23H,6-7,13H2,1-5H3;4-7H,8,15H2,1-3H3;6H,4-5H2,1-3H3/b;;8-6-. The molecule has 2 aromatic heterocycles. The van der Waals surface area contributed by atoms with Gasteiger partial charge in [0.05, 0.1) is 76.3 Å². The smallest absolute Gasteiger partial charge is 0.347 e. The number of nitrogens with two attached hydrogens (primary N) is 1. The molecule has 2 heterocycles. The topological polar surface area (TPSA) is 231 Å². The van der Waals surface area contributed by atoms with Gasteiger partial charge >= 0.3 is 29.8 Å². The molecule has 0 fully saturated rings. The third kappa shape index (κ3) is 16.3. The van der Waals surface area contributed by atoms with Crippen LogP contribution in [0.15, 0.2) is 72.1 Å². The molecule has 0 aliphatic heterocycles. The van der Waals surface area contributed by atoms with Crippen LogP contribution < -0.4 is 11.1 Å². The van der Waals surface area contributed by atoms with Gasteiger partial charge in [0.2, 0.25) is 0 Å². The molecule has 4 rings (SSSR count). The van der Waals surface area contributed by atoms with Gasteiger partial charge in [0.15, 0.2) is 11.4 Å². The van der Waals surface area contributed by atoms with Crippen LogP contribution in [-0.2, 0) is 60.7 Å². The van der Waals surface area contributed by atoms with Crippen LogP contribution in [0.5, 0.6) is 0 Å². The Kier molecular flexibility index (Phi) is 21.6. The quantitative estimate of drug-likeness (QED) is 0.0245. The van der Waals surface area contributed by atoms with E-state index in [1.165, 1.54) is 27.3 Å². The van der Waals surface area contributed by atoms with Gasteiger partial charge in [-0.3, -0.25) is 14.2 Å². The van der Waals surface area contributed by atoms with Crippen molar-refractivity contribution in [2.45, 2.75) is 75.4 Å². The van der Waals surface area contributed by atoms with Crippen molar-refractivity contribution < 1.29 is 57.2 Å². The number of benzene rings is 2. The van der Waals surface area contributed by atoms with Gasteiger partial charge in [-0.25, -0.2) is 24.0 Å². The summed E-state index contributed by atoms with van der Waals surface area (Å²) in [5.41, 5.74) is 12.8. The second-order valence-corrected chi connectivity index (χ2v) is 13.3. The summed E-state index contributed by atoms with van der Waals surface area (Å²) in [5.74, 6) is -3.41. The van der Waals surface area contributed by atoms with Crippen LogP contribution in [0.1, 0.15) is 89.2 Å². The van der Waals surface area contributed by atoms with Crippen LogP contribution in [-0.4, -0.2) is 95.8 Å². The van der Waals surface area contributed by atoms with Crippen molar-refractivity contribution in [3.8, 4) is 0 Å². The normalized spacial score (nSPS) is 10.4. The van der Waals surface area contributed by atoms with Gasteiger partial charge in [0.25, 0.3) is 0 Å². The third-order valence-corrected chi connectivity index (χ3v) is 8.51. The number of Topliss-reactive ketones (excluding diaryl/α,β-unsaturated/α-hetero) is 1. The minimum Gasteiger partial charge on any atom is -0.500 e. The molecule has 0 amide bonds. The molecule has 340 valence electrons. The van der Waals surface area contributed by atoms with E-state index in [1.807, 2.05) is 44.5 Å². The number of hydrogen-bond donors (Lipinski definition) is 2. The van der Waals surface area contributed by atoms with Crippen molar-refractivity contribution in [2.24, 2.45) is 0 Å². The highest BCUT2D eigenvalue weighted by Crippen LogP contribution is 2.21. The molecule has 0 saturated heterocycles. The van der Waals surface area contributed by atoms with Crippen molar-refractivity contribution in [3.63, 3.8) is 0 Å². The number of rotatable bonds is 17. The number of methoxy groups -OCH3 is 2.